The van der Waals surface area contributed by atoms with Crippen LogP contribution in [0.3, 0.4) is 0 Å². The number of halogens is 3. The molecule has 6 fully saturated rings. The molecule has 0 spiro atoms. The molecule has 0 unspecified atom stereocenters. The standard InChI is InChI=1S/C42H44Cl2FN5O4/c1-20-26-18-31(39-27-16-24(17-32(27)53-5)49(39)40(51)21-11-12-21)50(37-23-15-30(37)48(19-23)41(52)54-42(2,3)4)38(26)28-14-22(8-7-13-46)33(35(45)36(28)47-20)25-9-6-10-29(43)34(25)44/h6,9-10,14,18,21,23-24,27,30,32,37,39H,7-8,11-12,15-17,19H2,1-5H3/t23-,24-,27+,30-,32+,37+,39-/m1/s1/i5D3. The molecule has 10 rings (SSSR count). The first-order valence-corrected chi connectivity index (χ1v) is 19.7. The van der Waals surface area contributed by atoms with Crippen LogP contribution in [-0.2, 0) is 20.7 Å². The number of nitrogens with zero attached hydrogens (tertiary/aromatic N) is 5. The quantitative estimate of drug-likeness (QED) is 0.186. The fraction of sp³-hybridized carbons (Fsp3) is 0.524. The third-order valence-corrected chi connectivity index (χ3v) is 13.3. The average molecular weight is 776 g/mol. The lowest BCUT2D eigenvalue weighted by molar-refractivity contribution is -0.139. The van der Waals surface area contributed by atoms with E-state index >= 15 is 4.39 Å². The van der Waals surface area contributed by atoms with Crippen LogP contribution in [-0.4, -0.2) is 68.7 Å². The molecule has 5 heterocycles. The first-order chi connectivity index (χ1) is 27.0. The Labute approximate surface area is 328 Å². The molecule has 0 radical (unpaired) electrons. The molecule has 2 aromatic heterocycles. The summed E-state index contributed by atoms with van der Waals surface area (Å²) < 4.78 is 55.3. The van der Waals surface area contributed by atoms with Gasteiger partial charge < -0.3 is 23.8 Å². The molecule has 3 saturated carbocycles. The van der Waals surface area contributed by atoms with Crippen LogP contribution in [0.1, 0.15) is 92.4 Å². The predicted molar refractivity (Wildman–Crippen MR) is 205 cm³/mol. The van der Waals surface area contributed by atoms with Crippen LogP contribution in [0.25, 0.3) is 32.9 Å². The number of hydrogen-bond donors (Lipinski definition) is 0. The second-order valence-corrected chi connectivity index (χ2v) is 17.7. The molecule has 3 aliphatic heterocycles. The van der Waals surface area contributed by atoms with Crippen LogP contribution in [0.15, 0.2) is 30.3 Å². The predicted octanol–water partition coefficient (Wildman–Crippen LogP) is 9.33. The number of benzene rings is 2. The molecule has 6 aliphatic rings. The van der Waals surface area contributed by atoms with Gasteiger partial charge in [0.15, 0.2) is 5.82 Å². The summed E-state index contributed by atoms with van der Waals surface area (Å²) in [6, 6.07) is 9.99. The lowest BCUT2D eigenvalue weighted by Crippen LogP contribution is -2.48. The van der Waals surface area contributed by atoms with E-state index in [-0.39, 0.29) is 75.8 Å². The van der Waals surface area contributed by atoms with E-state index in [0.29, 0.717) is 47.1 Å². The van der Waals surface area contributed by atoms with Crippen molar-refractivity contribution in [2.45, 2.75) is 109 Å². The zero-order chi connectivity index (χ0) is 40.5. The van der Waals surface area contributed by atoms with E-state index in [1.807, 2.05) is 44.7 Å². The summed E-state index contributed by atoms with van der Waals surface area (Å²) in [5.41, 5.74) is 2.70. The van der Waals surface area contributed by atoms with Crippen molar-refractivity contribution < 1.29 is 27.6 Å². The molecule has 3 aliphatic carbocycles. The molecule has 282 valence electrons. The largest absolute Gasteiger partial charge is 0.444 e. The van der Waals surface area contributed by atoms with Gasteiger partial charge in [-0.2, -0.15) is 5.26 Å². The normalized spacial score (nSPS) is 28.3. The minimum absolute atomic E-state index is 0.0356. The van der Waals surface area contributed by atoms with Crippen LogP contribution in [0.4, 0.5) is 9.18 Å². The number of amides is 2. The maximum atomic E-state index is 17.4. The van der Waals surface area contributed by atoms with E-state index < -0.39 is 36.7 Å². The number of pyridine rings is 1. The van der Waals surface area contributed by atoms with Gasteiger partial charge in [0.05, 0.1) is 50.0 Å². The molecular formula is C42H44Cl2FN5O4. The van der Waals surface area contributed by atoms with E-state index in [2.05, 4.69) is 10.6 Å². The Morgan fingerprint density at radius 1 is 1.15 bits per heavy atom. The van der Waals surface area contributed by atoms with Crippen molar-refractivity contribution in [3.05, 3.63) is 63.1 Å². The molecule has 4 aromatic rings. The van der Waals surface area contributed by atoms with Crippen molar-refractivity contribution in [3.8, 4) is 17.2 Å². The number of likely N-dealkylation sites (tertiary alicyclic amines) is 1. The molecule has 3 saturated heterocycles. The van der Waals surface area contributed by atoms with Gasteiger partial charge in [0, 0.05) is 77.1 Å². The Balaban J connectivity index is 1.30. The summed E-state index contributed by atoms with van der Waals surface area (Å²) in [6.07, 6.45) is 2.76. The van der Waals surface area contributed by atoms with Crippen molar-refractivity contribution in [3.63, 3.8) is 0 Å². The molecular weight excluding hydrogens is 728 g/mol. The van der Waals surface area contributed by atoms with Gasteiger partial charge in [-0.25, -0.2) is 14.2 Å². The SMILES string of the molecule is [2H]C([2H])([2H])O[C@H]1C[C@H]2C[C@@H]1[C@H](c1cc3c(C)nc4c(F)c(-c5cccc(Cl)c5Cl)c(CCC#N)cc4c3n1[C@H]1[C@@H]3C[C@H]1N(C(=O)OC(C)(C)C)C3)N2C(=O)C1CC1. The summed E-state index contributed by atoms with van der Waals surface area (Å²) >= 11 is 13.2. The summed E-state index contributed by atoms with van der Waals surface area (Å²) in [6.45, 7) is 7.82. The second-order valence-electron chi connectivity index (χ2n) is 16.9. The number of rotatable bonds is 7. The first-order valence-electron chi connectivity index (χ1n) is 20.4. The van der Waals surface area contributed by atoms with E-state index in [1.165, 1.54) is 0 Å². The van der Waals surface area contributed by atoms with Gasteiger partial charge in [0.1, 0.15) is 11.1 Å². The van der Waals surface area contributed by atoms with Crippen LogP contribution >= 0.6 is 23.2 Å². The van der Waals surface area contributed by atoms with E-state index in [4.69, 9.17) is 41.8 Å². The third-order valence-electron chi connectivity index (χ3n) is 12.5. The Bertz CT molecular complexity index is 2410. The smallest absolute Gasteiger partial charge is 0.410 e. The highest BCUT2D eigenvalue weighted by Crippen LogP contribution is 2.58. The first kappa shape index (κ1) is 32.3. The molecule has 0 N–H and O–H groups in total. The number of hydrogen-bond acceptors (Lipinski definition) is 6. The van der Waals surface area contributed by atoms with Crippen LogP contribution in [0.5, 0.6) is 0 Å². The highest BCUT2D eigenvalue weighted by Gasteiger charge is 2.60. The fourth-order valence-electron chi connectivity index (χ4n) is 10.1. The second kappa shape index (κ2) is 12.8. The average Bonchev–Trinajstić information content (AvgIpc) is 3.43. The van der Waals surface area contributed by atoms with E-state index in [0.717, 1.165) is 30.3 Å². The summed E-state index contributed by atoms with van der Waals surface area (Å²) in [5.74, 6) is -0.871. The van der Waals surface area contributed by atoms with Crippen molar-refractivity contribution >= 4 is 57.0 Å². The van der Waals surface area contributed by atoms with Gasteiger partial charge in [0.2, 0.25) is 5.91 Å². The van der Waals surface area contributed by atoms with Crippen molar-refractivity contribution in [1.29, 1.82) is 5.26 Å². The van der Waals surface area contributed by atoms with Gasteiger partial charge >= 0.3 is 6.09 Å². The summed E-state index contributed by atoms with van der Waals surface area (Å²) in [4.78, 5) is 36.6. The Morgan fingerprint density at radius 2 is 1.94 bits per heavy atom. The van der Waals surface area contributed by atoms with Crippen LogP contribution in [0, 0.1) is 41.8 Å². The maximum absolute atomic E-state index is 17.4. The topological polar surface area (TPSA) is 101 Å². The lowest BCUT2D eigenvalue weighted by atomic mass is 9.79. The van der Waals surface area contributed by atoms with E-state index in [1.54, 1.807) is 23.1 Å². The molecule has 54 heavy (non-hydrogen) atoms. The number of aromatic nitrogens is 2. The summed E-state index contributed by atoms with van der Waals surface area (Å²) in [5, 5.41) is 11.5. The highest BCUT2D eigenvalue weighted by molar-refractivity contribution is 6.43. The monoisotopic (exact) mass is 774 g/mol. The maximum Gasteiger partial charge on any atom is 0.410 e. The zero-order valence-electron chi connectivity index (χ0n) is 33.7. The minimum Gasteiger partial charge on any atom is -0.444 e. The zero-order valence-corrected chi connectivity index (χ0v) is 32.2. The number of aryl methyl sites for hydroxylation is 2. The van der Waals surface area contributed by atoms with E-state index in [9.17, 15) is 14.9 Å². The van der Waals surface area contributed by atoms with Gasteiger partial charge in [-0.1, -0.05) is 35.3 Å². The number of nitriles is 1. The molecule has 2 amide bonds. The van der Waals surface area contributed by atoms with Crippen molar-refractivity contribution in [2.24, 2.45) is 17.8 Å². The van der Waals surface area contributed by atoms with Crippen LogP contribution in [0.2, 0.25) is 10.0 Å². The van der Waals surface area contributed by atoms with Gasteiger partial charge in [-0.3, -0.25) is 4.79 Å². The van der Waals surface area contributed by atoms with Crippen molar-refractivity contribution in [1.82, 2.24) is 19.4 Å². The van der Waals surface area contributed by atoms with Gasteiger partial charge in [-0.05, 0) is 90.0 Å². The fourth-order valence-corrected chi connectivity index (χ4v) is 10.5. The minimum atomic E-state index is -2.61. The molecule has 12 heteroatoms. The van der Waals surface area contributed by atoms with Crippen LogP contribution < -0.4 is 0 Å². The number of piperidine rings is 1. The number of fused-ring (bicyclic) bond motifs is 6. The molecule has 2 aromatic carbocycles. The highest BCUT2D eigenvalue weighted by atomic mass is 35.5. The molecule has 4 bridgehead atoms. The van der Waals surface area contributed by atoms with Gasteiger partial charge in [-0.15, -0.1) is 0 Å². The Hall–Kier alpha value is -3.91. The Morgan fingerprint density at radius 3 is 2.67 bits per heavy atom. The molecule has 7 atom stereocenters. The summed E-state index contributed by atoms with van der Waals surface area (Å²) in [7, 11) is -2.61. The number of ether oxygens (including phenoxy) is 2. The lowest BCUT2D eigenvalue weighted by Gasteiger charge is -2.43. The molecule has 9 nitrogen and oxygen atoms in total. The Kier molecular flexibility index (Phi) is 7.68. The van der Waals surface area contributed by atoms with Gasteiger partial charge in [0.25, 0.3) is 0 Å². The van der Waals surface area contributed by atoms with Crippen molar-refractivity contribution in [2.75, 3.05) is 13.6 Å². The number of carbonyl (C=O) groups excluding carboxylic acids is 2. The number of methoxy groups -OCH3 is 1. The third kappa shape index (κ3) is 5.43. The number of carbonyl (C=O) groups is 2.